The number of pyridine rings is 1. The molecule has 2 aromatic heterocycles. The first-order chi connectivity index (χ1) is 14.9. The van der Waals surface area contributed by atoms with Gasteiger partial charge in [-0.3, -0.25) is 0 Å². The number of carboxylic acids is 1. The fraction of sp³-hybridized carbons (Fsp3) is 0.136. The van der Waals surface area contributed by atoms with Gasteiger partial charge in [-0.2, -0.15) is 4.98 Å². The van der Waals surface area contributed by atoms with E-state index in [1.54, 1.807) is 31.4 Å². The molecule has 2 heterocycles. The summed E-state index contributed by atoms with van der Waals surface area (Å²) in [6.45, 7) is 0.190. The quantitative estimate of drug-likeness (QED) is 0.402. The van der Waals surface area contributed by atoms with E-state index in [-0.39, 0.29) is 12.2 Å². The summed E-state index contributed by atoms with van der Waals surface area (Å²) in [5, 5.41) is 9.11. The van der Waals surface area contributed by atoms with Crippen LogP contribution in [0.2, 0.25) is 0 Å². The summed E-state index contributed by atoms with van der Waals surface area (Å²) in [6.07, 6.45) is 0. The molecule has 0 saturated heterocycles. The smallest absolute Gasteiger partial charge is 0.335 e. The second kappa shape index (κ2) is 8.65. The predicted molar refractivity (Wildman–Crippen MR) is 117 cm³/mol. The highest BCUT2D eigenvalue weighted by molar-refractivity contribution is 9.10. The molecule has 8 nitrogen and oxygen atoms in total. The summed E-state index contributed by atoms with van der Waals surface area (Å²) in [7, 11) is 3.42. The van der Waals surface area contributed by atoms with Crippen molar-refractivity contribution in [1.82, 2.24) is 14.5 Å². The Kier molecular flexibility index (Phi) is 5.77. The number of ether oxygens (including phenoxy) is 3. The highest BCUT2D eigenvalue weighted by atomic mass is 79.9. The van der Waals surface area contributed by atoms with Gasteiger partial charge in [0.1, 0.15) is 23.9 Å². The third kappa shape index (κ3) is 4.46. The fourth-order valence-electron chi connectivity index (χ4n) is 3.01. The van der Waals surface area contributed by atoms with Crippen LogP contribution in [0.25, 0.3) is 11.0 Å². The molecule has 0 fully saturated rings. The van der Waals surface area contributed by atoms with Gasteiger partial charge in [0.15, 0.2) is 0 Å². The van der Waals surface area contributed by atoms with E-state index in [1.807, 2.05) is 29.8 Å². The normalized spacial score (nSPS) is 10.8. The molecule has 0 aliphatic rings. The van der Waals surface area contributed by atoms with Crippen molar-refractivity contribution >= 4 is 32.9 Å². The van der Waals surface area contributed by atoms with Crippen LogP contribution in [0.3, 0.4) is 0 Å². The minimum Gasteiger partial charge on any atom is -0.486 e. The van der Waals surface area contributed by atoms with E-state index in [0.29, 0.717) is 29.1 Å². The van der Waals surface area contributed by atoms with Crippen LogP contribution in [-0.2, 0) is 13.7 Å². The number of imidazole rings is 1. The van der Waals surface area contributed by atoms with Gasteiger partial charge in [-0.15, -0.1) is 0 Å². The van der Waals surface area contributed by atoms with Gasteiger partial charge in [-0.1, -0.05) is 6.07 Å². The molecular formula is C22H18BrN3O5. The molecule has 0 saturated carbocycles. The third-order valence-corrected chi connectivity index (χ3v) is 5.20. The molecule has 0 atom stereocenters. The Hall–Kier alpha value is -3.59. The van der Waals surface area contributed by atoms with E-state index in [2.05, 4.69) is 25.9 Å². The zero-order chi connectivity index (χ0) is 22.0. The largest absolute Gasteiger partial charge is 0.486 e. The maximum atomic E-state index is 11.1. The summed E-state index contributed by atoms with van der Waals surface area (Å²) >= 11 is 3.37. The Morgan fingerprint density at radius 1 is 1.10 bits per heavy atom. The maximum absolute atomic E-state index is 11.1. The van der Waals surface area contributed by atoms with E-state index >= 15 is 0 Å². The molecule has 0 aliphatic carbocycles. The molecule has 0 bridgehead atoms. The fourth-order valence-corrected chi connectivity index (χ4v) is 3.39. The summed E-state index contributed by atoms with van der Waals surface area (Å²) in [4.78, 5) is 20.0. The molecule has 1 N–H and O–H groups in total. The van der Waals surface area contributed by atoms with Crippen LogP contribution in [0.5, 0.6) is 23.3 Å². The van der Waals surface area contributed by atoms with Gasteiger partial charge in [0.05, 0.1) is 28.2 Å². The molecule has 0 spiro atoms. The Bertz CT molecular complexity index is 1270. The number of rotatable bonds is 7. The van der Waals surface area contributed by atoms with Crippen LogP contribution in [0.4, 0.5) is 0 Å². The zero-order valence-corrected chi connectivity index (χ0v) is 18.3. The van der Waals surface area contributed by atoms with Crippen LogP contribution in [0.15, 0.2) is 59.1 Å². The number of aromatic nitrogens is 3. The number of hydrogen-bond acceptors (Lipinski definition) is 6. The van der Waals surface area contributed by atoms with Gasteiger partial charge in [-0.25, -0.2) is 9.78 Å². The van der Waals surface area contributed by atoms with Crippen molar-refractivity contribution in [3.8, 4) is 23.3 Å². The molecule has 2 aromatic carbocycles. The lowest BCUT2D eigenvalue weighted by atomic mass is 10.2. The van der Waals surface area contributed by atoms with Crippen LogP contribution in [0, 0.1) is 0 Å². The Balaban J connectivity index is 1.54. The second-order valence-electron chi connectivity index (χ2n) is 6.60. The van der Waals surface area contributed by atoms with E-state index in [0.717, 1.165) is 15.5 Å². The lowest BCUT2D eigenvalue weighted by Crippen LogP contribution is -2.04. The molecule has 31 heavy (non-hydrogen) atoms. The Labute approximate surface area is 186 Å². The first-order valence-electron chi connectivity index (χ1n) is 9.24. The van der Waals surface area contributed by atoms with Crippen molar-refractivity contribution in [3.05, 3.63) is 70.5 Å². The standard InChI is InChI=1S/C22H18BrN3O5/c1-26-18-11-15(31-20-9-7-16(23)21(25-20)29-2)6-8-17(18)24-19(26)12-30-14-5-3-4-13(10-14)22(27)28/h3-11H,12H2,1-2H3,(H,27,28). The number of nitrogens with zero attached hydrogens (tertiary/aromatic N) is 3. The average molecular weight is 484 g/mol. The number of halogens is 1. The van der Waals surface area contributed by atoms with E-state index in [9.17, 15) is 4.79 Å². The number of aryl methyl sites for hydroxylation is 1. The number of carboxylic acid groups (broad SMARTS) is 1. The molecule has 4 rings (SSSR count). The second-order valence-corrected chi connectivity index (χ2v) is 7.46. The zero-order valence-electron chi connectivity index (χ0n) is 16.7. The number of fused-ring (bicyclic) bond motifs is 1. The van der Waals surface area contributed by atoms with E-state index in [4.69, 9.17) is 19.3 Å². The van der Waals surface area contributed by atoms with Crippen molar-refractivity contribution in [2.45, 2.75) is 6.61 Å². The molecule has 0 radical (unpaired) electrons. The predicted octanol–water partition coefficient (Wildman–Crippen LogP) is 4.81. The monoisotopic (exact) mass is 483 g/mol. The van der Waals surface area contributed by atoms with Crippen molar-refractivity contribution in [2.75, 3.05) is 7.11 Å². The molecule has 0 amide bonds. The number of methoxy groups -OCH3 is 1. The summed E-state index contributed by atoms with van der Waals surface area (Å²) in [5.41, 5.74) is 1.82. The summed E-state index contributed by atoms with van der Waals surface area (Å²) in [6, 6.07) is 15.4. The minimum absolute atomic E-state index is 0.169. The lowest BCUT2D eigenvalue weighted by Gasteiger charge is -2.08. The Morgan fingerprint density at radius 3 is 2.71 bits per heavy atom. The number of aromatic carboxylic acids is 1. The molecular weight excluding hydrogens is 466 g/mol. The van der Waals surface area contributed by atoms with E-state index < -0.39 is 5.97 Å². The van der Waals surface area contributed by atoms with Crippen molar-refractivity contribution in [1.29, 1.82) is 0 Å². The highest BCUT2D eigenvalue weighted by Crippen LogP contribution is 2.29. The number of benzene rings is 2. The van der Waals surface area contributed by atoms with Gasteiger partial charge in [0, 0.05) is 19.2 Å². The van der Waals surface area contributed by atoms with Gasteiger partial charge < -0.3 is 23.9 Å². The summed E-state index contributed by atoms with van der Waals surface area (Å²) in [5.74, 6) is 1.60. The molecule has 0 aliphatic heterocycles. The third-order valence-electron chi connectivity index (χ3n) is 4.60. The van der Waals surface area contributed by atoms with Crippen LogP contribution < -0.4 is 14.2 Å². The minimum atomic E-state index is -1.00. The highest BCUT2D eigenvalue weighted by Gasteiger charge is 2.12. The van der Waals surface area contributed by atoms with Crippen LogP contribution >= 0.6 is 15.9 Å². The number of carbonyl (C=O) groups is 1. The maximum Gasteiger partial charge on any atom is 0.335 e. The average Bonchev–Trinajstić information content (AvgIpc) is 3.09. The molecule has 158 valence electrons. The molecule has 4 aromatic rings. The topological polar surface area (TPSA) is 95.7 Å². The SMILES string of the molecule is COc1nc(Oc2ccc3nc(COc4cccc(C(=O)O)c4)n(C)c3c2)ccc1Br. The van der Waals surface area contributed by atoms with Gasteiger partial charge in [0.2, 0.25) is 11.8 Å². The van der Waals surface area contributed by atoms with Gasteiger partial charge >= 0.3 is 5.97 Å². The van der Waals surface area contributed by atoms with Crippen LogP contribution in [0.1, 0.15) is 16.2 Å². The first-order valence-corrected chi connectivity index (χ1v) is 10.0. The Morgan fingerprint density at radius 2 is 1.94 bits per heavy atom. The van der Waals surface area contributed by atoms with E-state index in [1.165, 1.54) is 12.1 Å². The van der Waals surface area contributed by atoms with Crippen LogP contribution in [-0.4, -0.2) is 32.7 Å². The van der Waals surface area contributed by atoms with Crippen molar-refractivity contribution in [3.63, 3.8) is 0 Å². The summed E-state index contributed by atoms with van der Waals surface area (Å²) < 4.78 is 19.5. The van der Waals surface area contributed by atoms with Crippen molar-refractivity contribution in [2.24, 2.45) is 7.05 Å². The molecule has 0 unspecified atom stereocenters. The number of hydrogen-bond donors (Lipinski definition) is 1. The van der Waals surface area contributed by atoms with Gasteiger partial charge in [-0.05, 0) is 52.3 Å². The van der Waals surface area contributed by atoms with Gasteiger partial charge in [0.25, 0.3) is 0 Å². The first kappa shape index (κ1) is 20.7. The molecule has 9 heteroatoms. The van der Waals surface area contributed by atoms with Crippen molar-refractivity contribution < 1.29 is 24.1 Å². The lowest BCUT2D eigenvalue weighted by molar-refractivity contribution is 0.0696.